The minimum atomic E-state index is -0.170. The second kappa shape index (κ2) is 9.21. The number of hydrogen-bond acceptors (Lipinski definition) is 3. The fourth-order valence-electron chi connectivity index (χ4n) is 3.52. The van der Waals surface area contributed by atoms with Crippen LogP contribution < -0.4 is 10.2 Å². The van der Waals surface area contributed by atoms with Crippen molar-refractivity contribution < 1.29 is 9.13 Å². The number of rotatable bonds is 4. The summed E-state index contributed by atoms with van der Waals surface area (Å²) in [4.78, 5) is 9.11. The molecule has 0 atom stereocenters. The summed E-state index contributed by atoms with van der Waals surface area (Å²) in [6.45, 7) is 10.6. The molecule has 26 heavy (non-hydrogen) atoms. The second-order valence-electron chi connectivity index (χ2n) is 7.22. The zero-order chi connectivity index (χ0) is 18.4. The number of anilines is 1. The van der Waals surface area contributed by atoms with E-state index in [9.17, 15) is 4.39 Å². The molecule has 1 aromatic rings. The Bertz CT molecular complexity index is 608. The molecule has 2 heterocycles. The summed E-state index contributed by atoms with van der Waals surface area (Å²) in [5.41, 5.74) is 1.57. The van der Waals surface area contributed by atoms with E-state index in [2.05, 4.69) is 24.1 Å². The molecule has 1 N–H and O–H groups in total. The molecule has 0 amide bonds. The third kappa shape index (κ3) is 4.87. The molecular weight excluding hydrogens is 331 g/mol. The predicted octanol–water partition coefficient (Wildman–Crippen LogP) is 2.86. The minimum Gasteiger partial charge on any atom is -0.378 e. The summed E-state index contributed by atoms with van der Waals surface area (Å²) < 4.78 is 19.9. The normalized spacial score (nSPS) is 19.7. The maximum absolute atomic E-state index is 14.5. The standard InChI is InChI=1S/C20H31FN4O/c1-3-22-20(25-8-6-16(2)7-9-25)23-15-17-4-5-19(18(21)14-17)24-10-12-26-13-11-24/h4-5,14,16H,3,6-13,15H2,1-2H3,(H,22,23). The van der Waals surface area contributed by atoms with Crippen LogP contribution >= 0.6 is 0 Å². The average molecular weight is 362 g/mol. The number of piperidine rings is 1. The summed E-state index contributed by atoms with van der Waals surface area (Å²) in [6, 6.07) is 5.48. The number of aliphatic imine (C=N–C) groups is 1. The van der Waals surface area contributed by atoms with Crippen molar-refractivity contribution in [3.05, 3.63) is 29.6 Å². The number of halogens is 1. The molecule has 0 unspecified atom stereocenters. The van der Waals surface area contributed by atoms with Crippen molar-refractivity contribution in [2.75, 3.05) is 50.8 Å². The van der Waals surface area contributed by atoms with Crippen molar-refractivity contribution in [3.8, 4) is 0 Å². The summed E-state index contributed by atoms with van der Waals surface area (Å²) in [5.74, 6) is 1.56. The van der Waals surface area contributed by atoms with Gasteiger partial charge in [-0.3, -0.25) is 0 Å². The molecule has 0 radical (unpaired) electrons. The smallest absolute Gasteiger partial charge is 0.194 e. The predicted molar refractivity (Wildman–Crippen MR) is 104 cm³/mol. The fourth-order valence-corrected chi connectivity index (χ4v) is 3.52. The van der Waals surface area contributed by atoms with Gasteiger partial charge in [0.2, 0.25) is 0 Å². The summed E-state index contributed by atoms with van der Waals surface area (Å²) >= 11 is 0. The first-order valence-electron chi connectivity index (χ1n) is 9.81. The number of benzene rings is 1. The third-order valence-corrected chi connectivity index (χ3v) is 5.19. The maximum atomic E-state index is 14.5. The van der Waals surface area contributed by atoms with E-state index in [1.165, 1.54) is 12.8 Å². The molecule has 0 aromatic heterocycles. The van der Waals surface area contributed by atoms with E-state index in [4.69, 9.17) is 9.73 Å². The highest BCUT2D eigenvalue weighted by atomic mass is 19.1. The highest BCUT2D eigenvalue weighted by Crippen LogP contribution is 2.22. The van der Waals surface area contributed by atoms with Crippen LogP contribution in [0, 0.1) is 11.7 Å². The Kier molecular flexibility index (Phi) is 6.72. The average Bonchev–Trinajstić information content (AvgIpc) is 2.67. The van der Waals surface area contributed by atoms with Crippen LogP contribution in [0.25, 0.3) is 0 Å². The van der Waals surface area contributed by atoms with Gasteiger partial charge >= 0.3 is 0 Å². The monoisotopic (exact) mass is 362 g/mol. The van der Waals surface area contributed by atoms with Crippen LogP contribution in [0.2, 0.25) is 0 Å². The lowest BCUT2D eigenvalue weighted by Gasteiger charge is -2.33. The molecule has 5 nitrogen and oxygen atoms in total. The van der Waals surface area contributed by atoms with Crippen LogP contribution in [-0.2, 0) is 11.3 Å². The lowest BCUT2D eigenvalue weighted by molar-refractivity contribution is 0.122. The van der Waals surface area contributed by atoms with Gasteiger partial charge < -0.3 is 19.9 Å². The first-order valence-corrected chi connectivity index (χ1v) is 9.81. The lowest BCUT2D eigenvalue weighted by atomic mass is 10.00. The summed E-state index contributed by atoms with van der Waals surface area (Å²) in [6.07, 6.45) is 2.40. The van der Waals surface area contributed by atoms with E-state index in [-0.39, 0.29) is 5.82 Å². The Balaban J connectivity index is 1.66. The van der Waals surface area contributed by atoms with Gasteiger partial charge in [0.25, 0.3) is 0 Å². The maximum Gasteiger partial charge on any atom is 0.194 e. The fraction of sp³-hybridized carbons (Fsp3) is 0.650. The SMILES string of the molecule is CCNC(=NCc1ccc(N2CCOCC2)c(F)c1)N1CCC(C)CC1. The Morgan fingerprint density at radius 1 is 1.23 bits per heavy atom. The Labute approximate surface area is 156 Å². The van der Waals surface area contributed by atoms with Gasteiger partial charge in [-0.05, 0) is 43.4 Å². The first kappa shape index (κ1) is 19.0. The number of morpholine rings is 1. The molecule has 3 rings (SSSR count). The number of nitrogens with zero attached hydrogens (tertiary/aromatic N) is 3. The van der Waals surface area contributed by atoms with Crippen molar-refractivity contribution in [1.82, 2.24) is 10.2 Å². The molecular formula is C20H31FN4O. The summed E-state index contributed by atoms with van der Waals surface area (Å²) in [7, 11) is 0. The molecule has 2 saturated heterocycles. The van der Waals surface area contributed by atoms with Crippen LogP contribution in [-0.4, -0.2) is 56.8 Å². The van der Waals surface area contributed by atoms with Gasteiger partial charge in [0, 0.05) is 32.7 Å². The zero-order valence-electron chi connectivity index (χ0n) is 16.0. The highest BCUT2D eigenvalue weighted by molar-refractivity contribution is 5.80. The van der Waals surface area contributed by atoms with E-state index in [0.717, 1.165) is 50.2 Å². The van der Waals surface area contributed by atoms with Gasteiger partial charge in [-0.1, -0.05) is 13.0 Å². The minimum absolute atomic E-state index is 0.170. The molecule has 144 valence electrons. The number of guanidine groups is 1. The Hall–Kier alpha value is -1.82. The van der Waals surface area contributed by atoms with Gasteiger partial charge in [-0.25, -0.2) is 9.38 Å². The number of hydrogen-bond donors (Lipinski definition) is 1. The van der Waals surface area contributed by atoms with Crippen LogP contribution in [0.5, 0.6) is 0 Å². The zero-order valence-corrected chi connectivity index (χ0v) is 16.0. The molecule has 2 aliphatic rings. The van der Waals surface area contributed by atoms with E-state index in [1.54, 1.807) is 6.07 Å². The molecule has 0 aliphatic carbocycles. The van der Waals surface area contributed by atoms with E-state index < -0.39 is 0 Å². The summed E-state index contributed by atoms with van der Waals surface area (Å²) in [5, 5.41) is 3.38. The van der Waals surface area contributed by atoms with Crippen molar-refractivity contribution >= 4 is 11.6 Å². The van der Waals surface area contributed by atoms with Crippen molar-refractivity contribution in [2.45, 2.75) is 33.2 Å². The molecule has 0 saturated carbocycles. The van der Waals surface area contributed by atoms with Crippen LogP contribution in [0.15, 0.2) is 23.2 Å². The van der Waals surface area contributed by atoms with Gasteiger partial charge in [0.1, 0.15) is 5.82 Å². The third-order valence-electron chi connectivity index (χ3n) is 5.19. The van der Waals surface area contributed by atoms with E-state index in [1.807, 2.05) is 17.0 Å². The highest BCUT2D eigenvalue weighted by Gasteiger charge is 2.19. The van der Waals surface area contributed by atoms with Crippen LogP contribution in [0.4, 0.5) is 10.1 Å². The van der Waals surface area contributed by atoms with Gasteiger partial charge in [0.05, 0.1) is 25.4 Å². The van der Waals surface area contributed by atoms with E-state index in [0.29, 0.717) is 25.4 Å². The van der Waals surface area contributed by atoms with Crippen LogP contribution in [0.1, 0.15) is 32.3 Å². The Morgan fingerprint density at radius 2 is 1.96 bits per heavy atom. The second-order valence-corrected chi connectivity index (χ2v) is 7.22. The number of likely N-dealkylation sites (tertiary alicyclic amines) is 1. The van der Waals surface area contributed by atoms with Crippen molar-refractivity contribution in [1.29, 1.82) is 0 Å². The van der Waals surface area contributed by atoms with Gasteiger partial charge in [0.15, 0.2) is 5.96 Å². The quantitative estimate of drug-likeness (QED) is 0.660. The number of ether oxygens (including phenoxy) is 1. The van der Waals surface area contributed by atoms with Crippen molar-refractivity contribution in [2.24, 2.45) is 10.9 Å². The molecule has 2 fully saturated rings. The number of nitrogens with one attached hydrogen (secondary N) is 1. The first-order chi connectivity index (χ1) is 12.7. The Morgan fingerprint density at radius 3 is 2.62 bits per heavy atom. The molecule has 0 spiro atoms. The molecule has 6 heteroatoms. The molecule has 0 bridgehead atoms. The largest absolute Gasteiger partial charge is 0.378 e. The topological polar surface area (TPSA) is 40.1 Å². The van der Waals surface area contributed by atoms with E-state index >= 15 is 0 Å². The van der Waals surface area contributed by atoms with Gasteiger partial charge in [-0.2, -0.15) is 0 Å². The molecule has 1 aromatic carbocycles. The lowest BCUT2D eigenvalue weighted by Crippen LogP contribution is -2.45. The van der Waals surface area contributed by atoms with Crippen molar-refractivity contribution in [3.63, 3.8) is 0 Å². The van der Waals surface area contributed by atoms with Gasteiger partial charge in [-0.15, -0.1) is 0 Å². The molecule has 2 aliphatic heterocycles. The van der Waals surface area contributed by atoms with Crippen LogP contribution in [0.3, 0.4) is 0 Å².